The molecule has 1 aliphatic rings. The molecule has 0 bridgehead atoms. The largest absolute Gasteiger partial charge is 0.573 e. The zero-order valence-corrected chi connectivity index (χ0v) is 19.6. The van der Waals surface area contributed by atoms with Gasteiger partial charge in [0.15, 0.2) is 0 Å². The maximum Gasteiger partial charge on any atom is 0.573 e. The molecular weight excluding hydrogens is 473 g/mol. The number of piperidine rings is 1. The van der Waals surface area contributed by atoms with Crippen molar-refractivity contribution in [1.82, 2.24) is 4.90 Å². The van der Waals surface area contributed by atoms with Crippen molar-refractivity contribution in [3.8, 4) is 5.75 Å². The minimum atomic E-state index is -4.78. The van der Waals surface area contributed by atoms with E-state index in [0.717, 1.165) is 17.7 Å². The predicted octanol–water partition coefficient (Wildman–Crippen LogP) is 5.09. The van der Waals surface area contributed by atoms with Crippen LogP contribution < -0.4 is 21.1 Å². The summed E-state index contributed by atoms with van der Waals surface area (Å²) >= 11 is 0. The average Bonchev–Trinajstić information content (AvgIpc) is 2.75. The van der Waals surface area contributed by atoms with Gasteiger partial charge in [0, 0.05) is 24.5 Å². The Kier molecular flexibility index (Phi) is 8.79. The quantitative estimate of drug-likeness (QED) is 0.532. The Labute approximate surface area is 202 Å². The van der Waals surface area contributed by atoms with Crippen molar-refractivity contribution in [2.24, 2.45) is 5.73 Å². The summed E-state index contributed by atoms with van der Waals surface area (Å²) in [6.45, 7) is 4.70. The maximum atomic E-state index is 12.8. The third-order valence-corrected chi connectivity index (χ3v) is 5.57. The maximum absolute atomic E-state index is 12.8. The Hall–Kier alpha value is -2.98. The topological polar surface area (TPSA) is 96.7 Å². The minimum Gasteiger partial charge on any atom is -0.406 e. The van der Waals surface area contributed by atoms with Crippen LogP contribution in [-0.2, 0) is 4.79 Å². The van der Waals surface area contributed by atoms with Crippen molar-refractivity contribution in [2.45, 2.75) is 44.5 Å². The Morgan fingerprint density at radius 1 is 0.971 bits per heavy atom. The van der Waals surface area contributed by atoms with Crippen LogP contribution in [0.4, 0.5) is 29.3 Å². The fourth-order valence-electron chi connectivity index (χ4n) is 3.49. The number of anilines is 2. The molecule has 1 heterocycles. The molecule has 4 N–H and O–H groups in total. The number of urea groups is 1. The second kappa shape index (κ2) is 11.0. The Morgan fingerprint density at radius 3 is 1.97 bits per heavy atom. The first-order chi connectivity index (χ1) is 15.4. The molecule has 0 radical (unpaired) electrons. The van der Waals surface area contributed by atoms with E-state index in [1.165, 1.54) is 17.0 Å². The molecule has 186 valence electrons. The molecule has 0 unspecified atom stereocenters. The van der Waals surface area contributed by atoms with Crippen LogP contribution >= 0.6 is 12.4 Å². The molecule has 0 saturated carbocycles. The molecule has 3 rings (SSSR count). The lowest BCUT2D eigenvalue weighted by molar-refractivity contribution is -0.274. The molecule has 0 atom stereocenters. The van der Waals surface area contributed by atoms with Crippen LogP contribution in [0.5, 0.6) is 5.75 Å². The van der Waals surface area contributed by atoms with Gasteiger partial charge in [-0.25, -0.2) is 4.79 Å². The lowest BCUT2D eigenvalue weighted by Crippen LogP contribution is -2.58. The number of rotatable bonds is 5. The van der Waals surface area contributed by atoms with Gasteiger partial charge in [-0.3, -0.25) is 4.79 Å². The van der Waals surface area contributed by atoms with Crippen molar-refractivity contribution >= 4 is 35.7 Å². The Morgan fingerprint density at radius 2 is 1.47 bits per heavy atom. The molecule has 0 spiro atoms. The Bertz CT molecular complexity index is 974. The molecule has 7 nitrogen and oxygen atoms in total. The summed E-state index contributed by atoms with van der Waals surface area (Å²) in [6.07, 6.45) is -4.24. The van der Waals surface area contributed by atoms with E-state index in [4.69, 9.17) is 5.73 Å². The molecule has 2 aromatic carbocycles. The zero-order valence-electron chi connectivity index (χ0n) is 18.8. The molecule has 2 aromatic rings. The minimum absolute atomic E-state index is 0. The van der Waals surface area contributed by atoms with E-state index in [0.29, 0.717) is 17.3 Å². The van der Waals surface area contributed by atoms with E-state index in [2.05, 4.69) is 29.2 Å². The molecule has 1 fully saturated rings. The summed E-state index contributed by atoms with van der Waals surface area (Å²) < 4.78 is 40.5. The van der Waals surface area contributed by atoms with Crippen molar-refractivity contribution in [1.29, 1.82) is 0 Å². The summed E-state index contributed by atoms with van der Waals surface area (Å²) in [4.78, 5) is 26.8. The van der Waals surface area contributed by atoms with Crippen LogP contribution in [0.1, 0.15) is 38.2 Å². The van der Waals surface area contributed by atoms with Gasteiger partial charge >= 0.3 is 12.4 Å². The normalized spacial score (nSPS) is 15.3. The van der Waals surface area contributed by atoms with Crippen LogP contribution in [0.25, 0.3) is 0 Å². The van der Waals surface area contributed by atoms with E-state index < -0.39 is 17.9 Å². The van der Waals surface area contributed by atoms with Gasteiger partial charge in [-0.15, -0.1) is 25.6 Å². The summed E-state index contributed by atoms with van der Waals surface area (Å²) in [7, 11) is 0. The van der Waals surface area contributed by atoms with Gasteiger partial charge in [-0.05, 0) is 60.7 Å². The number of carbonyl (C=O) groups excluding carboxylic acids is 2. The lowest BCUT2D eigenvalue weighted by Gasteiger charge is -2.37. The third kappa shape index (κ3) is 7.26. The predicted molar refractivity (Wildman–Crippen MR) is 126 cm³/mol. The van der Waals surface area contributed by atoms with E-state index >= 15 is 0 Å². The molecule has 1 saturated heterocycles. The fourth-order valence-corrected chi connectivity index (χ4v) is 3.49. The number of hydrogen-bond donors (Lipinski definition) is 3. The van der Waals surface area contributed by atoms with E-state index in [-0.39, 0.29) is 50.0 Å². The number of benzene rings is 2. The van der Waals surface area contributed by atoms with E-state index in [9.17, 15) is 22.8 Å². The number of nitrogens with zero attached hydrogens (tertiary/aromatic N) is 1. The van der Waals surface area contributed by atoms with Gasteiger partial charge in [0.2, 0.25) is 5.91 Å². The number of likely N-dealkylation sites (tertiary alicyclic amines) is 1. The number of nitrogens with two attached hydrogens (primary N) is 1. The number of hydrogen-bond acceptors (Lipinski definition) is 4. The molecule has 0 aromatic heterocycles. The smallest absolute Gasteiger partial charge is 0.406 e. The van der Waals surface area contributed by atoms with Crippen LogP contribution in [0, 0.1) is 0 Å². The lowest BCUT2D eigenvalue weighted by atomic mass is 9.87. The Balaban J connectivity index is 0.00000408. The second-order valence-electron chi connectivity index (χ2n) is 8.38. The van der Waals surface area contributed by atoms with E-state index in [1.807, 2.05) is 24.3 Å². The van der Waals surface area contributed by atoms with Crippen molar-refractivity contribution in [2.75, 3.05) is 23.7 Å². The number of nitrogens with one attached hydrogen (secondary N) is 2. The highest BCUT2D eigenvalue weighted by molar-refractivity contribution is 5.98. The number of ether oxygens (including phenoxy) is 1. The second-order valence-corrected chi connectivity index (χ2v) is 8.38. The van der Waals surface area contributed by atoms with Gasteiger partial charge in [-0.1, -0.05) is 26.0 Å². The van der Waals surface area contributed by atoms with Crippen LogP contribution in [-0.4, -0.2) is 41.8 Å². The van der Waals surface area contributed by atoms with Crippen LogP contribution in [0.15, 0.2) is 48.5 Å². The summed E-state index contributed by atoms with van der Waals surface area (Å²) in [5, 5.41) is 5.47. The first-order valence-electron chi connectivity index (χ1n) is 10.6. The monoisotopic (exact) mass is 500 g/mol. The zero-order chi connectivity index (χ0) is 24.2. The van der Waals surface area contributed by atoms with Gasteiger partial charge in [0.05, 0.1) is 5.54 Å². The first kappa shape index (κ1) is 27.3. The number of carbonyl (C=O) groups is 2. The van der Waals surface area contributed by atoms with Crippen LogP contribution in [0.3, 0.4) is 0 Å². The summed E-state index contributed by atoms with van der Waals surface area (Å²) in [5.74, 6) is -0.298. The van der Waals surface area contributed by atoms with Crippen molar-refractivity contribution in [3.63, 3.8) is 0 Å². The van der Waals surface area contributed by atoms with Crippen molar-refractivity contribution < 1.29 is 27.5 Å². The molecule has 3 amide bonds. The first-order valence-corrected chi connectivity index (χ1v) is 10.6. The molecule has 0 aliphatic carbocycles. The summed E-state index contributed by atoms with van der Waals surface area (Å²) in [6, 6.07) is 12.0. The van der Waals surface area contributed by atoms with Gasteiger partial charge in [0.1, 0.15) is 5.75 Å². The average molecular weight is 501 g/mol. The molecular formula is C23H28ClF3N4O3. The molecule has 1 aliphatic heterocycles. The SMILES string of the molecule is CC(C)c1ccc(NC(=O)C2(N)CCN(C(=O)Nc3ccc(OC(F)(F)F)cc3)CC2)cc1.Cl. The standard InChI is InChI=1S/C23H27F3N4O3.ClH/c1-15(2)16-3-5-17(6-4-16)28-20(31)22(27)11-13-30(14-12-22)21(32)29-18-7-9-19(10-8-18)33-23(24,25)26;/h3-10,15H,11-14,27H2,1-2H3,(H,28,31)(H,29,32);1H. The highest BCUT2D eigenvalue weighted by Gasteiger charge is 2.39. The van der Waals surface area contributed by atoms with Crippen molar-refractivity contribution in [3.05, 3.63) is 54.1 Å². The summed E-state index contributed by atoms with van der Waals surface area (Å²) in [5.41, 5.74) is 7.37. The van der Waals surface area contributed by atoms with Gasteiger partial charge in [0.25, 0.3) is 0 Å². The molecule has 11 heteroatoms. The number of halogens is 4. The fraction of sp³-hybridized carbons (Fsp3) is 0.391. The molecule has 34 heavy (non-hydrogen) atoms. The number of amides is 3. The van der Waals surface area contributed by atoms with Gasteiger partial charge < -0.3 is 26.0 Å². The number of alkyl halides is 3. The third-order valence-electron chi connectivity index (χ3n) is 5.57. The van der Waals surface area contributed by atoms with Gasteiger partial charge in [-0.2, -0.15) is 0 Å². The van der Waals surface area contributed by atoms with E-state index in [1.54, 1.807) is 0 Å². The highest BCUT2D eigenvalue weighted by Crippen LogP contribution is 2.26. The van der Waals surface area contributed by atoms with Crippen LogP contribution in [0.2, 0.25) is 0 Å². The highest BCUT2D eigenvalue weighted by atomic mass is 35.5.